The van der Waals surface area contributed by atoms with Crippen LogP contribution in [0.2, 0.25) is 0 Å². The zero-order valence-corrected chi connectivity index (χ0v) is 14.9. The summed E-state index contributed by atoms with van der Waals surface area (Å²) in [7, 11) is 0. The van der Waals surface area contributed by atoms with Crippen LogP contribution in [0.5, 0.6) is 0 Å². The smallest absolute Gasteiger partial charge is 0.274 e. The molecule has 1 heterocycles. The molecule has 0 saturated heterocycles. The summed E-state index contributed by atoms with van der Waals surface area (Å²) in [5.41, 5.74) is 3.94. The first-order valence-corrected chi connectivity index (χ1v) is 8.34. The summed E-state index contributed by atoms with van der Waals surface area (Å²) in [4.78, 5) is 12.0. The maximum absolute atomic E-state index is 13.8. The fraction of sp³-hybridized carbons (Fsp3) is 0. The van der Waals surface area contributed by atoms with Gasteiger partial charge in [0.1, 0.15) is 5.82 Å². The lowest BCUT2D eigenvalue weighted by Gasteiger charge is -2.06. The number of nitriles is 1. The van der Waals surface area contributed by atoms with Crippen molar-refractivity contribution in [3.63, 3.8) is 0 Å². The second-order valence-electron chi connectivity index (χ2n) is 5.29. The van der Waals surface area contributed by atoms with E-state index in [1.807, 2.05) is 53.2 Å². The number of rotatable bonds is 4. The van der Waals surface area contributed by atoms with E-state index in [-0.39, 0.29) is 11.1 Å². The summed E-state index contributed by atoms with van der Waals surface area (Å²) in [5, 5.41) is 12.6. The van der Waals surface area contributed by atoms with Crippen molar-refractivity contribution in [2.24, 2.45) is 5.10 Å². The van der Waals surface area contributed by atoms with Gasteiger partial charge in [-0.1, -0.05) is 15.9 Å². The largest absolute Gasteiger partial charge is 0.316 e. The summed E-state index contributed by atoms with van der Waals surface area (Å²) in [6.45, 7) is 0. The molecule has 3 rings (SSSR count). The summed E-state index contributed by atoms with van der Waals surface area (Å²) < 4.78 is 16.7. The van der Waals surface area contributed by atoms with Crippen LogP contribution in [-0.2, 0) is 0 Å². The standard InChI is InChI=1S/C19H12BrFN4O/c20-14-4-6-15(7-5-14)25-9-1-2-16(25)12-23-24-19(26)17-8-3-13(11-22)10-18(17)21/h1-10,12H,(H,24,26)/b23-12-. The molecule has 0 spiro atoms. The summed E-state index contributed by atoms with van der Waals surface area (Å²) >= 11 is 3.39. The number of benzene rings is 2. The van der Waals surface area contributed by atoms with Crippen molar-refractivity contribution in [1.29, 1.82) is 5.26 Å². The van der Waals surface area contributed by atoms with Crippen LogP contribution >= 0.6 is 15.9 Å². The molecule has 26 heavy (non-hydrogen) atoms. The molecule has 1 amide bonds. The summed E-state index contributed by atoms with van der Waals surface area (Å²) in [5.74, 6) is -1.46. The van der Waals surface area contributed by atoms with Crippen molar-refractivity contribution in [2.45, 2.75) is 0 Å². The summed E-state index contributed by atoms with van der Waals surface area (Å²) in [6.07, 6.45) is 3.34. The van der Waals surface area contributed by atoms with Gasteiger partial charge in [0, 0.05) is 16.4 Å². The second-order valence-corrected chi connectivity index (χ2v) is 6.20. The van der Waals surface area contributed by atoms with Gasteiger partial charge < -0.3 is 4.57 Å². The van der Waals surface area contributed by atoms with Crippen molar-refractivity contribution in [2.75, 3.05) is 0 Å². The van der Waals surface area contributed by atoms with Gasteiger partial charge in [0.2, 0.25) is 0 Å². The van der Waals surface area contributed by atoms with E-state index in [0.29, 0.717) is 0 Å². The number of halogens is 2. The molecule has 5 nitrogen and oxygen atoms in total. The minimum absolute atomic E-state index is 0.148. The van der Waals surface area contributed by atoms with Crippen LogP contribution in [0.3, 0.4) is 0 Å². The van der Waals surface area contributed by atoms with Crippen molar-refractivity contribution >= 4 is 28.1 Å². The maximum Gasteiger partial charge on any atom is 0.274 e. The number of hydrogen-bond donors (Lipinski definition) is 1. The van der Waals surface area contributed by atoms with Crippen molar-refractivity contribution in [1.82, 2.24) is 9.99 Å². The third kappa shape index (κ3) is 3.87. The Labute approximate surface area is 157 Å². The minimum atomic E-state index is -0.769. The first-order valence-electron chi connectivity index (χ1n) is 7.55. The van der Waals surface area contributed by atoms with Gasteiger partial charge >= 0.3 is 0 Å². The highest BCUT2D eigenvalue weighted by Gasteiger charge is 2.11. The van der Waals surface area contributed by atoms with E-state index in [1.54, 1.807) is 0 Å². The van der Waals surface area contributed by atoms with E-state index < -0.39 is 11.7 Å². The van der Waals surface area contributed by atoms with E-state index in [1.165, 1.54) is 18.3 Å². The molecule has 1 aromatic heterocycles. The maximum atomic E-state index is 13.8. The molecule has 0 bridgehead atoms. The molecular formula is C19H12BrFN4O. The Morgan fingerprint density at radius 2 is 2.00 bits per heavy atom. The SMILES string of the molecule is N#Cc1ccc(C(=O)N/N=C\c2cccn2-c2ccc(Br)cc2)c(F)c1. The Kier molecular flexibility index (Phi) is 5.25. The third-order valence-electron chi connectivity index (χ3n) is 3.59. The van der Waals surface area contributed by atoms with Gasteiger partial charge in [0.15, 0.2) is 0 Å². The van der Waals surface area contributed by atoms with Gasteiger partial charge in [-0.05, 0) is 54.6 Å². The third-order valence-corrected chi connectivity index (χ3v) is 4.12. The Bertz CT molecular complexity index is 1020. The Hall–Kier alpha value is -3.24. The van der Waals surface area contributed by atoms with Crippen LogP contribution in [0.15, 0.2) is 70.4 Å². The molecule has 2 aromatic carbocycles. The van der Waals surface area contributed by atoms with Gasteiger partial charge in [-0.2, -0.15) is 10.4 Å². The molecule has 0 radical (unpaired) electrons. The van der Waals surface area contributed by atoms with Crippen LogP contribution in [0.4, 0.5) is 4.39 Å². The van der Waals surface area contributed by atoms with Gasteiger partial charge in [0.25, 0.3) is 5.91 Å². The number of amides is 1. The number of nitrogens with one attached hydrogen (secondary N) is 1. The highest BCUT2D eigenvalue weighted by molar-refractivity contribution is 9.10. The van der Waals surface area contributed by atoms with E-state index in [2.05, 4.69) is 26.5 Å². The molecule has 128 valence electrons. The zero-order chi connectivity index (χ0) is 18.5. The van der Waals surface area contributed by atoms with Crippen LogP contribution in [0.1, 0.15) is 21.6 Å². The predicted octanol–water partition coefficient (Wildman–Crippen LogP) is 4.01. The van der Waals surface area contributed by atoms with Gasteiger partial charge in [0.05, 0.1) is 29.1 Å². The van der Waals surface area contributed by atoms with Crippen molar-refractivity contribution < 1.29 is 9.18 Å². The highest BCUT2D eigenvalue weighted by atomic mass is 79.9. The normalized spacial score (nSPS) is 10.7. The quantitative estimate of drug-likeness (QED) is 0.521. The lowest BCUT2D eigenvalue weighted by Crippen LogP contribution is -2.19. The molecule has 0 saturated carbocycles. The predicted molar refractivity (Wildman–Crippen MR) is 99.6 cm³/mol. The van der Waals surface area contributed by atoms with Crippen molar-refractivity contribution in [3.05, 3.63) is 87.9 Å². The molecule has 0 atom stereocenters. The Morgan fingerprint density at radius 3 is 2.69 bits per heavy atom. The average molecular weight is 411 g/mol. The molecule has 7 heteroatoms. The average Bonchev–Trinajstić information content (AvgIpc) is 3.10. The number of hydrogen-bond acceptors (Lipinski definition) is 3. The fourth-order valence-electron chi connectivity index (χ4n) is 2.32. The zero-order valence-electron chi connectivity index (χ0n) is 13.4. The van der Waals surface area contributed by atoms with Gasteiger partial charge in [-0.15, -0.1) is 0 Å². The lowest BCUT2D eigenvalue weighted by atomic mass is 10.1. The molecule has 0 aliphatic heterocycles. The number of nitrogens with zero attached hydrogens (tertiary/aromatic N) is 3. The van der Waals surface area contributed by atoms with Crippen LogP contribution in [-0.4, -0.2) is 16.7 Å². The molecule has 0 unspecified atom stereocenters. The first kappa shape index (κ1) is 17.6. The van der Waals surface area contributed by atoms with Gasteiger partial charge in [-0.25, -0.2) is 9.82 Å². The van der Waals surface area contributed by atoms with Crippen molar-refractivity contribution in [3.8, 4) is 11.8 Å². The summed E-state index contributed by atoms with van der Waals surface area (Å²) in [6, 6.07) is 16.9. The number of carbonyl (C=O) groups excluding carboxylic acids is 1. The monoisotopic (exact) mass is 410 g/mol. The minimum Gasteiger partial charge on any atom is -0.316 e. The fourth-order valence-corrected chi connectivity index (χ4v) is 2.59. The van der Waals surface area contributed by atoms with Crippen LogP contribution < -0.4 is 5.43 Å². The Morgan fingerprint density at radius 1 is 1.23 bits per heavy atom. The first-order chi connectivity index (χ1) is 12.6. The van der Waals surface area contributed by atoms with Gasteiger partial charge in [-0.3, -0.25) is 4.79 Å². The number of hydrazone groups is 1. The van der Waals surface area contributed by atoms with E-state index >= 15 is 0 Å². The molecule has 0 aliphatic rings. The molecule has 3 aromatic rings. The lowest BCUT2D eigenvalue weighted by molar-refractivity contribution is 0.0951. The van der Waals surface area contributed by atoms with Crippen LogP contribution in [0.25, 0.3) is 5.69 Å². The molecule has 0 fully saturated rings. The molecular weight excluding hydrogens is 399 g/mol. The second kappa shape index (κ2) is 7.76. The number of carbonyl (C=O) groups is 1. The van der Waals surface area contributed by atoms with E-state index in [9.17, 15) is 9.18 Å². The highest BCUT2D eigenvalue weighted by Crippen LogP contribution is 2.16. The Balaban J connectivity index is 1.74. The van der Waals surface area contributed by atoms with Crippen LogP contribution in [0, 0.1) is 17.1 Å². The van der Waals surface area contributed by atoms with E-state index in [0.717, 1.165) is 21.9 Å². The topological polar surface area (TPSA) is 70.2 Å². The molecule has 1 N–H and O–H groups in total. The molecule has 0 aliphatic carbocycles. The number of aromatic nitrogens is 1. The van der Waals surface area contributed by atoms with E-state index in [4.69, 9.17) is 5.26 Å².